The topological polar surface area (TPSA) is 63.9 Å². The molecule has 3 rings (SSSR count). The summed E-state index contributed by atoms with van der Waals surface area (Å²) < 4.78 is 2.12. The smallest absolute Gasteiger partial charge is 0.233 e. The standard InChI is InChI=1S/C19H21N5OS/c1-4-11-23(12-5-2)16(25)13-26-19-20-18-17(21-22-19)14-9-7-8-10-15(14)24(18)6-3/h4-5,7-10H,1-2,6,11-13H2,3H3. The first-order valence-electron chi connectivity index (χ1n) is 8.43. The van der Waals surface area contributed by atoms with Gasteiger partial charge >= 0.3 is 0 Å². The van der Waals surface area contributed by atoms with Crippen LogP contribution in [0.4, 0.5) is 0 Å². The minimum absolute atomic E-state index is 0.00506. The van der Waals surface area contributed by atoms with E-state index in [2.05, 4.69) is 45.9 Å². The highest BCUT2D eigenvalue weighted by Gasteiger charge is 2.16. The van der Waals surface area contributed by atoms with Gasteiger partial charge in [-0.05, 0) is 13.0 Å². The first kappa shape index (κ1) is 18.1. The number of hydrogen-bond donors (Lipinski definition) is 0. The fraction of sp³-hybridized carbons (Fsp3) is 0.263. The summed E-state index contributed by atoms with van der Waals surface area (Å²) >= 11 is 1.29. The highest BCUT2D eigenvalue weighted by molar-refractivity contribution is 7.99. The number of rotatable bonds is 8. The lowest BCUT2D eigenvalue weighted by Crippen LogP contribution is -2.32. The summed E-state index contributed by atoms with van der Waals surface area (Å²) in [5, 5.41) is 10.1. The van der Waals surface area contributed by atoms with Crippen molar-refractivity contribution < 1.29 is 4.79 Å². The van der Waals surface area contributed by atoms with E-state index in [1.54, 1.807) is 17.1 Å². The Hall–Kier alpha value is -2.67. The maximum atomic E-state index is 12.4. The molecule has 0 atom stereocenters. The fourth-order valence-electron chi connectivity index (χ4n) is 2.88. The third kappa shape index (κ3) is 3.48. The molecule has 0 saturated carbocycles. The molecule has 0 unspecified atom stereocenters. The van der Waals surface area contributed by atoms with Crippen LogP contribution < -0.4 is 0 Å². The molecule has 0 bridgehead atoms. The van der Waals surface area contributed by atoms with Gasteiger partial charge in [0.15, 0.2) is 5.65 Å². The molecule has 0 aliphatic heterocycles. The van der Waals surface area contributed by atoms with Crippen molar-refractivity contribution in [1.82, 2.24) is 24.6 Å². The Kier molecular flexibility index (Phi) is 5.68. The number of nitrogens with zero attached hydrogens (tertiary/aromatic N) is 5. The van der Waals surface area contributed by atoms with Crippen LogP contribution in [0.25, 0.3) is 22.1 Å². The number of amides is 1. The van der Waals surface area contributed by atoms with Gasteiger partial charge in [-0.2, -0.15) is 0 Å². The number of carbonyl (C=O) groups is 1. The predicted octanol–water partition coefficient (Wildman–Crippen LogP) is 3.29. The highest BCUT2D eigenvalue weighted by atomic mass is 32.2. The molecule has 0 N–H and O–H groups in total. The lowest BCUT2D eigenvalue weighted by molar-refractivity contribution is -0.127. The van der Waals surface area contributed by atoms with E-state index in [9.17, 15) is 4.79 Å². The summed E-state index contributed by atoms with van der Waals surface area (Å²) in [7, 11) is 0. The van der Waals surface area contributed by atoms with Gasteiger partial charge in [-0.1, -0.05) is 42.1 Å². The number of fused-ring (bicyclic) bond motifs is 3. The van der Waals surface area contributed by atoms with Gasteiger partial charge in [-0.25, -0.2) is 4.98 Å². The summed E-state index contributed by atoms with van der Waals surface area (Å²) in [6, 6.07) is 8.07. The number of aromatic nitrogens is 4. The van der Waals surface area contributed by atoms with E-state index in [0.717, 1.165) is 28.6 Å². The van der Waals surface area contributed by atoms with E-state index in [1.165, 1.54) is 11.8 Å². The van der Waals surface area contributed by atoms with E-state index in [1.807, 2.05) is 18.2 Å². The molecule has 0 radical (unpaired) electrons. The zero-order chi connectivity index (χ0) is 18.5. The second-order valence-corrected chi connectivity index (χ2v) is 6.64. The van der Waals surface area contributed by atoms with E-state index in [4.69, 9.17) is 0 Å². The van der Waals surface area contributed by atoms with Crippen molar-refractivity contribution in [3.05, 3.63) is 49.6 Å². The van der Waals surface area contributed by atoms with Gasteiger partial charge in [0.25, 0.3) is 0 Å². The van der Waals surface area contributed by atoms with Gasteiger partial charge in [-0.15, -0.1) is 23.4 Å². The Morgan fingerprint density at radius 3 is 2.65 bits per heavy atom. The Bertz CT molecular complexity index is 955. The maximum absolute atomic E-state index is 12.4. The summed E-state index contributed by atoms with van der Waals surface area (Å²) in [6.45, 7) is 11.2. The van der Waals surface area contributed by atoms with Crippen LogP contribution in [0, 0.1) is 0 Å². The average Bonchev–Trinajstić information content (AvgIpc) is 2.98. The molecular formula is C19H21N5OS. The minimum atomic E-state index is -0.00506. The van der Waals surface area contributed by atoms with Gasteiger partial charge < -0.3 is 9.47 Å². The van der Waals surface area contributed by atoms with Gasteiger partial charge in [-0.3, -0.25) is 4.79 Å². The normalized spacial score (nSPS) is 11.0. The zero-order valence-corrected chi connectivity index (χ0v) is 15.6. The van der Waals surface area contributed by atoms with Crippen molar-refractivity contribution in [2.24, 2.45) is 0 Å². The molecule has 134 valence electrons. The number of benzene rings is 1. The van der Waals surface area contributed by atoms with Crippen molar-refractivity contribution >= 4 is 39.7 Å². The van der Waals surface area contributed by atoms with Crippen LogP contribution in [0.5, 0.6) is 0 Å². The first-order chi connectivity index (χ1) is 12.7. The quantitative estimate of drug-likeness (QED) is 0.451. The van der Waals surface area contributed by atoms with Crippen LogP contribution in [0.15, 0.2) is 54.7 Å². The van der Waals surface area contributed by atoms with Crippen molar-refractivity contribution in [1.29, 1.82) is 0 Å². The number of thioether (sulfide) groups is 1. The third-order valence-electron chi connectivity index (χ3n) is 4.05. The van der Waals surface area contributed by atoms with Crippen LogP contribution in [-0.4, -0.2) is 49.4 Å². The number of aryl methyl sites for hydroxylation is 1. The zero-order valence-electron chi connectivity index (χ0n) is 14.8. The van der Waals surface area contributed by atoms with E-state index in [-0.39, 0.29) is 11.7 Å². The second kappa shape index (κ2) is 8.14. The van der Waals surface area contributed by atoms with Crippen LogP contribution in [0.3, 0.4) is 0 Å². The van der Waals surface area contributed by atoms with E-state index >= 15 is 0 Å². The monoisotopic (exact) mass is 367 g/mol. The molecule has 7 heteroatoms. The first-order valence-corrected chi connectivity index (χ1v) is 9.42. The number of carbonyl (C=O) groups excluding carboxylic acids is 1. The van der Waals surface area contributed by atoms with Crippen molar-refractivity contribution in [3.8, 4) is 0 Å². The highest BCUT2D eigenvalue weighted by Crippen LogP contribution is 2.27. The Labute approximate surface area is 156 Å². The van der Waals surface area contributed by atoms with Crippen LogP contribution in [-0.2, 0) is 11.3 Å². The Morgan fingerprint density at radius 2 is 1.96 bits per heavy atom. The molecule has 0 fully saturated rings. The molecule has 3 aromatic rings. The lowest BCUT2D eigenvalue weighted by Gasteiger charge is -2.18. The van der Waals surface area contributed by atoms with Crippen LogP contribution >= 0.6 is 11.8 Å². The third-order valence-corrected chi connectivity index (χ3v) is 4.87. The van der Waals surface area contributed by atoms with Crippen molar-refractivity contribution in [2.45, 2.75) is 18.6 Å². The van der Waals surface area contributed by atoms with Gasteiger partial charge in [0, 0.05) is 25.0 Å². The molecule has 2 heterocycles. The van der Waals surface area contributed by atoms with Crippen molar-refractivity contribution in [3.63, 3.8) is 0 Å². The molecule has 6 nitrogen and oxygen atoms in total. The molecular weight excluding hydrogens is 346 g/mol. The Morgan fingerprint density at radius 1 is 1.23 bits per heavy atom. The summed E-state index contributed by atoms with van der Waals surface area (Å²) in [4.78, 5) is 18.7. The van der Waals surface area contributed by atoms with Gasteiger partial charge in [0.1, 0.15) is 5.52 Å². The molecule has 0 saturated heterocycles. The molecule has 2 aromatic heterocycles. The van der Waals surface area contributed by atoms with Gasteiger partial charge in [0.05, 0.1) is 11.3 Å². The van der Waals surface area contributed by atoms with Crippen LogP contribution in [0.1, 0.15) is 6.92 Å². The van der Waals surface area contributed by atoms with Gasteiger partial charge in [0.2, 0.25) is 11.1 Å². The molecule has 0 spiro atoms. The number of para-hydroxylation sites is 1. The maximum Gasteiger partial charge on any atom is 0.233 e. The summed E-state index contributed by atoms with van der Waals surface area (Å²) in [5.41, 5.74) is 2.68. The predicted molar refractivity (Wildman–Crippen MR) is 106 cm³/mol. The summed E-state index contributed by atoms with van der Waals surface area (Å²) in [5.74, 6) is 0.246. The molecule has 0 aliphatic carbocycles. The summed E-state index contributed by atoms with van der Waals surface area (Å²) in [6.07, 6.45) is 3.41. The molecule has 1 aromatic carbocycles. The fourth-order valence-corrected chi connectivity index (χ4v) is 3.56. The average molecular weight is 367 g/mol. The van der Waals surface area contributed by atoms with E-state index < -0.39 is 0 Å². The SMILES string of the molecule is C=CCN(CC=C)C(=O)CSc1nnc2c3ccccc3n(CC)c2n1. The molecule has 1 amide bonds. The van der Waals surface area contributed by atoms with Crippen molar-refractivity contribution in [2.75, 3.05) is 18.8 Å². The van der Waals surface area contributed by atoms with Crippen LogP contribution in [0.2, 0.25) is 0 Å². The Balaban J connectivity index is 1.85. The molecule has 26 heavy (non-hydrogen) atoms. The molecule has 0 aliphatic rings. The van der Waals surface area contributed by atoms with E-state index in [0.29, 0.717) is 18.2 Å². The largest absolute Gasteiger partial charge is 0.335 e. The minimum Gasteiger partial charge on any atom is -0.335 e. The second-order valence-electron chi connectivity index (χ2n) is 5.69. The lowest BCUT2D eigenvalue weighted by atomic mass is 10.2. The number of hydrogen-bond acceptors (Lipinski definition) is 5.